The number of hydrogen-bond donors (Lipinski definition) is 0. The molecule has 0 spiro atoms. The molecule has 3 atom stereocenters. The van der Waals surface area contributed by atoms with Crippen LogP contribution < -0.4 is 0 Å². The minimum Gasteiger partial charge on any atom is -0.460 e. The third-order valence-corrected chi connectivity index (χ3v) is 4.21. The standard InChI is InChI=1S/C22H36N2O6/c1-20(2,3)28-17(25)10-14-13-24(19(27)30-22(7,8)9)16(12-23)15(14)11-18(26)29-21(4,5)6/h14-16H,10-11,13H2,1-9H3/t14-,15-,16+/m0/s1. The Kier molecular flexibility index (Phi) is 7.92. The summed E-state index contributed by atoms with van der Waals surface area (Å²) in [6.45, 7) is 15.9. The second-order valence-corrected chi connectivity index (χ2v) is 10.7. The van der Waals surface area contributed by atoms with Gasteiger partial charge in [0.2, 0.25) is 0 Å². The van der Waals surface area contributed by atoms with Gasteiger partial charge in [-0.25, -0.2) is 4.79 Å². The number of nitriles is 1. The highest BCUT2D eigenvalue weighted by molar-refractivity contribution is 5.74. The molecule has 0 saturated carbocycles. The van der Waals surface area contributed by atoms with E-state index in [9.17, 15) is 19.6 Å². The van der Waals surface area contributed by atoms with Crippen LogP contribution in [0.3, 0.4) is 0 Å². The van der Waals surface area contributed by atoms with E-state index in [4.69, 9.17) is 14.2 Å². The minimum atomic E-state index is -0.903. The van der Waals surface area contributed by atoms with Gasteiger partial charge in [0.1, 0.15) is 22.8 Å². The van der Waals surface area contributed by atoms with Crippen LogP contribution in [0.1, 0.15) is 75.2 Å². The van der Waals surface area contributed by atoms with Crippen LogP contribution in [0.2, 0.25) is 0 Å². The van der Waals surface area contributed by atoms with Gasteiger partial charge in [-0.3, -0.25) is 14.5 Å². The molecule has 1 amide bonds. The van der Waals surface area contributed by atoms with Crippen molar-refractivity contribution in [2.24, 2.45) is 11.8 Å². The van der Waals surface area contributed by atoms with Crippen LogP contribution in [-0.4, -0.2) is 52.3 Å². The van der Waals surface area contributed by atoms with Gasteiger partial charge in [0.15, 0.2) is 0 Å². The smallest absolute Gasteiger partial charge is 0.411 e. The first-order valence-corrected chi connectivity index (χ1v) is 10.2. The van der Waals surface area contributed by atoms with Gasteiger partial charge in [0, 0.05) is 12.5 Å². The van der Waals surface area contributed by atoms with E-state index in [-0.39, 0.29) is 19.4 Å². The molecule has 8 nitrogen and oxygen atoms in total. The summed E-state index contributed by atoms with van der Waals surface area (Å²) in [5, 5.41) is 9.77. The van der Waals surface area contributed by atoms with Gasteiger partial charge in [-0.1, -0.05) is 0 Å². The quantitative estimate of drug-likeness (QED) is 0.499. The van der Waals surface area contributed by atoms with Crippen LogP contribution in [0.15, 0.2) is 0 Å². The number of ether oxygens (including phenoxy) is 3. The molecule has 0 aliphatic carbocycles. The number of likely N-dealkylation sites (tertiary alicyclic amines) is 1. The van der Waals surface area contributed by atoms with Gasteiger partial charge < -0.3 is 14.2 Å². The zero-order chi connectivity index (χ0) is 23.5. The van der Waals surface area contributed by atoms with Crippen LogP contribution in [0.25, 0.3) is 0 Å². The summed E-state index contributed by atoms with van der Waals surface area (Å²) in [5.74, 6) is -1.91. The molecule has 30 heavy (non-hydrogen) atoms. The Morgan fingerprint density at radius 2 is 1.27 bits per heavy atom. The van der Waals surface area contributed by atoms with Crippen molar-refractivity contribution in [1.82, 2.24) is 4.90 Å². The number of esters is 2. The Hall–Kier alpha value is -2.30. The number of rotatable bonds is 4. The molecule has 1 fully saturated rings. The highest BCUT2D eigenvalue weighted by Gasteiger charge is 2.47. The van der Waals surface area contributed by atoms with Crippen molar-refractivity contribution in [1.29, 1.82) is 5.26 Å². The average molecular weight is 425 g/mol. The zero-order valence-electron chi connectivity index (χ0n) is 19.7. The summed E-state index contributed by atoms with van der Waals surface area (Å²) in [7, 11) is 0. The molecule has 0 aromatic heterocycles. The van der Waals surface area contributed by atoms with Crippen LogP contribution >= 0.6 is 0 Å². The van der Waals surface area contributed by atoms with E-state index < -0.39 is 52.7 Å². The summed E-state index contributed by atoms with van der Waals surface area (Å²) in [6.07, 6.45) is -0.736. The number of carbonyl (C=O) groups is 3. The fraction of sp³-hybridized carbons (Fsp3) is 0.818. The van der Waals surface area contributed by atoms with Crippen molar-refractivity contribution in [2.45, 2.75) is 98.0 Å². The van der Waals surface area contributed by atoms with Gasteiger partial charge in [-0.15, -0.1) is 0 Å². The summed E-state index contributed by atoms with van der Waals surface area (Å²) in [5.41, 5.74) is -2.07. The van der Waals surface area contributed by atoms with Crippen LogP contribution in [0.4, 0.5) is 4.79 Å². The maximum atomic E-state index is 12.7. The van der Waals surface area contributed by atoms with E-state index in [1.807, 2.05) is 0 Å². The van der Waals surface area contributed by atoms with Crippen molar-refractivity contribution in [2.75, 3.05) is 6.54 Å². The van der Waals surface area contributed by atoms with Crippen LogP contribution in [-0.2, 0) is 23.8 Å². The molecule has 1 aliphatic rings. The molecule has 0 aromatic rings. The van der Waals surface area contributed by atoms with E-state index in [2.05, 4.69) is 6.07 Å². The van der Waals surface area contributed by atoms with Gasteiger partial charge >= 0.3 is 18.0 Å². The Balaban J connectivity index is 3.10. The molecule has 0 N–H and O–H groups in total. The molecule has 0 aromatic carbocycles. The fourth-order valence-corrected chi connectivity index (χ4v) is 3.33. The molecule has 1 saturated heterocycles. The van der Waals surface area contributed by atoms with E-state index in [0.29, 0.717) is 0 Å². The first-order chi connectivity index (χ1) is 13.4. The molecular weight excluding hydrogens is 388 g/mol. The molecule has 8 heteroatoms. The lowest BCUT2D eigenvalue weighted by Gasteiger charge is -2.27. The normalized spacial score (nSPS) is 22.3. The molecule has 0 bridgehead atoms. The largest absolute Gasteiger partial charge is 0.460 e. The van der Waals surface area contributed by atoms with Gasteiger partial charge in [-0.2, -0.15) is 5.26 Å². The lowest BCUT2D eigenvalue weighted by molar-refractivity contribution is -0.159. The molecule has 0 unspecified atom stereocenters. The first-order valence-electron chi connectivity index (χ1n) is 10.2. The van der Waals surface area contributed by atoms with Crippen molar-refractivity contribution in [3.05, 3.63) is 0 Å². The van der Waals surface area contributed by atoms with Crippen molar-refractivity contribution in [3.8, 4) is 6.07 Å². The van der Waals surface area contributed by atoms with Gasteiger partial charge in [-0.05, 0) is 68.2 Å². The Morgan fingerprint density at radius 1 is 0.833 bits per heavy atom. The number of amides is 1. The molecule has 1 heterocycles. The van der Waals surface area contributed by atoms with Crippen molar-refractivity contribution in [3.63, 3.8) is 0 Å². The predicted molar refractivity (Wildman–Crippen MR) is 110 cm³/mol. The number of carbonyl (C=O) groups excluding carboxylic acids is 3. The number of nitrogens with zero attached hydrogens (tertiary/aromatic N) is 2. The van der Waals surface area contributed by atoms with Gasteiger partial charge in [0.05, 0.1) is 18.9 Å². The maximum Gasteiger partial charge on any atom is 0.411 e. The van der Waals surface area contributed by atoms with Crippen LogP contribution in [0.5, 0.6) is 0 Å². The number of hydrogen-bond acceptors (Lipinski definition) is 7. The summed E-state index contributed by atoms with van der Waals surface area (Å²) in [4.78, 5) is 38.8. The zero-order valence-corrected chi connectivity index (χ0v) is 19.7. The predicted octanol–water partition coefficient (Wildman–Crippen LogP) is 3.83. The van der Waals surface area contributed by atoms with E-state index in [1.54, 1.807) is 62.3 Å². The molecule has 170 valence electrons. The summed E-state index contributed by atoms with van der Waals surface area (Å²) in [6, 6.07) is 1.21. The third kappa shape index (κ3) is 8.60. The Morgan fingerprint density at radius 3 is 1.67 bits per heavy atom. The second-order valence-electron chi connectivity index (χ2n) is 10.7. The maximum absolute atomic E-state index is 12.7. The second kappa shape index (κ2) is 9.23. The molecule has 1 rings (SSSR count). The summed E-state index contributed by atoms with van der Waals surface area (Å²) >= 11 is 0. The van der Waals surface area contributed by atoms with Crippen LogP contribution in [0, 0.1) is 23.2 Å². The molecule has 1 aliphatic heterocycles. The first kappa shape index (κ1) is 25.7. The van der Waals surface area contributed by atoms with E-state index in [1.165, 1.54) is 4.90 Å². The topological polar surface area (TPSA) is 106 Å². The van der Waals surface area contributed by atoms with Crippen molar-refractivity contribution >= 4 is 18.0 Å². The van der Waals surface area contributed by atoms with E-state index in [0.717, 1.165) is 0 Å². The highest BCUT2D eigenvalue weighted by Crippen LogP contribution is 2.36. The highest BCUT2D eigenvalue weighted by atomic mass is 16.6. The lowest BCUT2D eigenvalue weighted by Crippen LogP contribution is -2.41. The lowest BCUT2D eigenvalue weighted by atomic mass is 9.86. The SMILES string of the molecule is CC(C)(C)OC(=O)C[C@H]1CN(C(=O)OC(C)(C)C)[C@H](C#N)[C@H]1CC(=O)OC(C)(C)C. The van der Waals surface area contributed by atoms with E-state index >= 15 is 0 Å². The monoisotopic (exact) mass is 424 g/mol. The third-order valence-electron chi connectivity index (χ3n) is 4.21. The van der Waals surface area contributed by atoms with Crippen molar-refractivity contribution < 1.29 is 28.6 Å². The average Bonchev–Trinajstić information content (AvgIpc) is 2.79. The molecule has 0 radical (unpaired) electrons. The van der Waals surface area contributed by atoms with Gasteiger partial charge in [0.25, 0.3) is 0 Å². The Bertz CT molecular complexity index is 690. The Labute approximate surface area is 179 Å². The fourth-order valence-electron chi connectivity index (χ4n) is 3.33. The minimum absolute atomic E-state index is 0.0117. The summed E-state index contributed by atoms with van der Waals surface area (Å²) < 4.78 is 16.2. The molecular formula is C22H36N2O6.